The number of amides is 2. The molecule has 4 N–H and O–H groups in total. The summed E-state index contributed by atoms with van der Waals surface area (Å²) in [5, 5.41) is 17.9. The van der Waals surface area contributed by atoms with E-state index in [0.717, 1.165) is 62.7 Å². The minimum atomic E-state index is -3.77. The predicted octanol–water partition coefficient (Wildman–Crippen LogP) is 1.28. The van der Waals surface area contributed by atoms with Gasteiger partial charge in [-0.25, -0.2) is 13.4 Å². The van der Waals surface area contributed by atoms with E-state index in [2.05, 4.69) is 24.5 Å². The lowest BCUT2D eigenvalue weighted by atomic mass is 9.53. The maximum atomic E-state index is 13.1. The first-order chi connectivity index (χ1) is 20.0. The number of nitrogens with one attached hydrogen (secondary N) is 3. The maximum absolute atomic E-state index is 13.1. The van der Waals surface area contributed by atoms with E-state index in [1.54, 1.807) is 18.2 Å². The Morgan fingerprint density at radius 3 is 2.67 bits per heavy atom. The highest BCUT2D eigenvalue weighted by Gasteiger charge is 2.54. The van der Waals surface area contributed by atoms with Crippen LogP contribution >= 0.6 is 11.3 Å². The molecule has 10 nitrogen and oxygen atoms in total. The Morgan fingerprint density at radius 2 is 1.95 bits per heavy atom. The summed E-state index contributed by atoms with van der Waals surface area (Å²) in [5.74, 6) is -1.92. The van der Waals surface area contributed by atoms with Crippen LogP contribution in [0.2, 0.25) is 0 Å². The highest BCUT2D eigenvalue weighted by Crippen LogP contribution is 2.57. The molecule has 3 aliphatic rings. The van der Waals surface area contributed by atoms with Crippen LogP contribution in [0.25, 0.3) is 0 Å². The van der Waals surface area contributed by atoms with Crippen LogP contribution in [-0.4, -0.2) is 81.6 Å². The second kappa shape index (κ2) is 12.7. The number of aliphatic hydroxyl groups excluding tert-OH is 1. The number of carbonyl (C=O) groups excluding carboxylic acids is 2. The van der Waals surface area contributed by atoms with Crippen molar-refractivity contribution in [2.45, 2.75) is 57.0 Å². The molecule has 0 radical (unpaired) electrons. The number of anilines is 1. The molecular weight excluding hydrogens is 576 g/mol. The molecule has 0 spiro atoms. The number of quaternary nitrogens is 1. The van der Waals surface area contributed by atoms with Crippen LogP contribution in [0, 0.1) is 23.2 Å². The van der Waals surface area contributed by atoms with E-state index in [1.165, 1.54) is 28.4 Å². The molecule has 12 heteroatoms. The summed E-state index contributed by atoms with van der Waals surface area (Å²) in [6, 6.07) is 7.93. The quantitative estimate of drug-likeness (QED) is 0.332. The zero-order valence-electron chi connectivity index (χ0n) is 24.6. The molecule has 5 rings (SSSR count). The van der Waals surface area contributed by atoms with Gasteiger partial charge in [-0.05, 0) is 48.6 Å². The van der Waals surface area contributed by atoms with Crippen molar-refractivity contribution in [1.82, 2.24) is 10.3 Å². The molecule has 1 saturated heterocycles. The zero-order valence-corrected chi connectivity index (χ0v) is 26.2. The Balaban J connectivity index is 1.22. The van der Waals surface area contributed by atoms with Gasteiger partial charge in [0.15, 0.2) is 15.0 Å². The molecule has 230 valence electrons. The Labute approximate surface area is 252 Å². The summed E-state index contributed by atoms with van der Waals surface area (Å²) in [7, 11) is -3.77. The van der Waals surface area contributed by atoms with Gasteiger partial charge >= 0.3 is 0 Å². The third-order valence-electron chi connectivity index (χ3n) is 9.63. The summed E-state index contributed by atoms with van der Waals surface area (Å²) in [6.07, 6.45) is 1.71. The minimum absolute atomic E-state index is 0.0106. The second-order valence-corrected chi connectivity index (χ2v) is 15.6. The van der Waals surface area contributed by atoms with E-state index in [9.17, 15) is 23.1 Å². The summed E-state index contributed by atoms with van der Waals surface area (Å²) >= 11 is 1.38. The van der Waals surface area contributed by atoms with Gasteiger partial charge in [-0.3, -0.25) is 9.59 Å². The van der Waals surface area contributed by atoms with E-state index in [1.807, 2.05) is 6.92 Å². The minimum Gasteiger partial charge on any atom is -0.392 e. The molecule has 6 atom stereocenters. The first-order valence-corrected chi connectivity index (χ1v) is 17.4. The molecule has 2 aliphatic carbocycles. The number of benzene rings is 1. The smallest absolute Gasteiger partial charge is 0.241 e. The average Bonchev–Trinajstić information content (AvgIpc) is 3.35. The van der Waals surface area contributed by atoms with Crippen molar-refractivity contribution < 1.29 is 32.8 Å². The number of carbonyl (C=O) groups is 2. The monoisotopic (exact) mass is 619 g/mol. The Bertz CT molecular complexity index is 1380. The molecule has 1 aromatic heterocycles. The lowest BCUT2D eigenvalue weighted by molar-refractivity contribution is -0.906. The fourth-order valence-electron chi connectivity index (χ4n) is 7.27. The number of aliphatic hydroxyl groups is 1. The van der Waals surface area contributed by atoms with Crippen molar-refractivity contribution in [1.29, 1.82) is 0 Å². The van der Waals surface area contributed by atoms with Gasteiger partial charge in [0.2, 0.25) is 11.8 Å². The van der Waals surface area contributed by atoms with Crippen molar-refractivity contribution in [3.05, 3.63) is 40.9 Å². The third kappa shape index (κ3) is 6.57. The molecule has 2 amide bonds. The molecule has 1 aromatic carbocycles. The molecule has 1 aliphatic heterocycles. The zero-order chi connectivity index (χ0) is 30.1. The summed E-state index contributed by atoms with van der Waals surface area (Å²) < 4.78 is 30.7. The number of ether oxygens (including phenoxy) is 1. The lowest BCUT2D eigenvalue weighted by Crippen LogP contribution is -3.14. The summed E-state index contributed by atoms with van der Waals surface area (Å²) in [4.78, 5) is 33.1. The normalized spacial score (nSPS) is 28.8. The predicted molar refractivity (Wildman–Crippen MR) is 160 cm³/mol. The van der Waals surface area contributed by atoms with Gasteiger partial charge in [0.05, 0.1) is 43.0 Å². The van der Waals surface area contributed by atoms with Crippen molar-refractivity contribution in [3.8, 4) is 0 Å². The Hall–Kier alpha value is -2.38. The molecule has 42 heavy (non-hydrogen) atoms. The van der Waals surface area contributed by atoms with Crippen LogP contribution in [-0.2, 0) is 30.6 Å². The highest BCUT2D eigenvalue weighted by molar-refractivity contribution is 7.92. The standard InChI is InChI=1S/C30H42N4O6S2/c1-19(28(37)31-11-12-34-13-15-40-16-14-34)22-9-10-30(3)17-23-26(20(2)25(30)27(22)36)33-29(41-23)32-24(35)18-42(38,39)21-7-5-4-6-8-21/h4-8,19-20,22,25,27,36H,9-18H2,1-3H3,(H,31,37)(H,32,33,35)/p+1/t19-,20-,22-,25+,27-,30+/m0/s1. The van der Waals surface area contributed by atoms with Crippen molar-refractivity contribution in [2.24, 2.45) is 23.2 Å². The number of thiazole rings is 1. The van der Waals surface area contributed by atoms with Crippen LogP contribution in [0.15, 0.2) is 35.2 Å². The maximum Gasteiger partial charge on any atom is 0.241 e. The number of hydrogen-bond donors (Lipinski definition) is 4. The number of fused-ring (bicyclic) bond motifs is 2. The second-order valence-electron chi connectivity index (χ2n) is 12.5. The van der Waals surface area contributed by atoms with Gasteiger partial charge in [-0.1, -0.05) is 39.0 Å². The SMILES string of the molecule is C[C@H](C(=O)NCC[NH+]1CCOCC1)[C@@H]1CC[C@]2(C)Cc3sc(NC(=O)CS(=O)(=O)c4ccccc4)nc3[C@@H](C)[C@@H]2[C@H]1O. The van der Waals surface area contributed by atoms with E-state index >= 15 is 0 Å². The van der Waals surface area contributed by atoms with Crippen molar-refractivity contribution in [2.75, 3.05) is 50.5 Å². The number of morpholine rings is 1. The third-order valence-corrected chi connectivity index (χ3v) is 12.2. The number of aromatic nitrogens is 1. The molecule has 0 unspecified atom stereocenters. The van der Waals surface area contributed by atoms with Crippen LogP contribution in [0.1, 0.15) is 50.1 Å². The molecule has 0 bridgehead atoms. The first-order valence-electron chi connectivity index (χ1n) is 14.9. The number of rotatable bonds is 9. The van der Waals surface area contributed by atoms with E-state index in [0.29, 0.717) is 11.7 Å². The fraction of sp³-hybridized carbons (Fsp3) is 0.633. The number of hydrogen-bond acceptors (Lipinski definition) is 8. The average molecular weight is 620 g/mol. The summed E-state index contributed by atoms with van der Waals surface area (Å²) in [6.45, 7) is 11.1. The van der Waals surface area contributed by atoms with Crippen LogP contribution in [0.3, 0.4) is 0 Å². The van der Waals surface area contributed by atoms with Gasteiger partial charge in [-0.2, -0.15) is 0 Å². The molecular formula is C30H43N4O6S2+. The highest BCUT2D eigenvalue weighted by atomic mass is 32.2. The van der Waals surface area contributed by atoms with Crippen LogP contribution in [0.4, 0.5) is 5.13 Å². The van der Waals surface area contributed by atoms with Crippen LogP contribution in [0.5, 0.6) is 0 Å². The van der Waals surface area contributed by atoms with Gasteiger partial charge in [0.1, 0.15) is 18.8 Å². The van der Waals surface area contributed by atoms with Crippen LogP contribution < -0.4 is 15.5 Å². The van der Waals surface area contributed by atoms with Gasteiger partial charge in [-0.15, -0.1) is 11.3 Å². The molecule has 2 heterocycles. The molecule has 2 aromatic rings. The van der Waals surface area contributed by atoms with E-state index in [4.69, 9.17) is 9.72 Å². The summed E-state index contributed by atoms with van der Waals surface area (Å²) in [5.41, 5.74) is 0.678. The first kappa shape index (κ1) is 31.1. The molecule has 1 saturated carbocycles. The van der Waals surface area contributed by atoms with Crippen molar-refractivity contribution in [3.63, 3.8) is 0 Å². The van der Waals surface area contributed by atoms with Gasteiger partial charge in [0, 0.05) is 16.7 Å². The number of sulfone groups is 1. The number of nitrogens with zero attached hydrogens (tertiary/aromatic N) is 1. The lowest BCUT2D eigenvalue weighted by Gasteiger charge is -2.53. The molecule has 2 fully saturated rings. The Kier molecular flexibility index (Phi) is 9.39. The fourth-order valence-corrected chi connectivity index (χ4v) is 9.70. The topological polar surface area (TPSA) is 139 Å². The van der Waals surface area contributed by atoms with Gasteiger partial charge in [0.25, 0.3) is 0 Å². The van der Waals surface area contributed by atoms with Gasteiger partial charge < -0.3 is 25.4 Å². The van der Waals surface area contributed by atoms with E-state index < -0.39 is 27.6 Å². The Morgan fingerprint density at radius 1 is 1.24 bits per heavy atom. The van der Waals surface area contributed by atoms with Crippen molar-refractivity contribution >= 4 is 38.1 Å². The largest absolute Gasteiger partial charge is 0.392 e. The van der Waals surface area contributed by atoms with E-state index in [-0.39, 0.29) is 39.9 Å².